The molecule has 2 aromatic rings. The predicted molar refractivity (Wildman–Crippen MR) is 100 cm³/mol. The van der Waals surface area contributed by atoms with E-state index in [1.807, 2.05) is 44.2 Å². The van der Waals surface area contributed by atoms with Gasteiger partial charge in [-0.3, -0.25) is 4.79 Å². The molecule has 0 aromatic heterocycles. The number of rotatable bonds is 9. The standard InChI is InChI=1S/C21H27NO3/c1-4-5-18-8-10-19(11-9-18)24-13-12-22-21(23)15-25-20-14-16(2)6-7-17(20)3/h6-11,14H,4-5,12-13,15H2,1-3H3,(H,22,23). The van der Waals surface area contributed by atoms with E-state index in [1.165, 1.54) is 5.56 Å². The highest BCUT2D eigenvalue weighted by molar-refractivity contribution is 5.77. The van der Waals surface area contributed by atoms with Crippen LogP contribution >= 0.6 is 0 Å². The molecule has 0 spiro atoms. The molecule has 0 saturated heterocycles. The van der Waals surface area contributed by atoms with E-state index in [-0.39, 0.29) is 12.5 Å². The van der Waals surface area contributed by atoms with Crippen molar-refractivity contribution in [2.75, 3.05) is 19.8 Å². The van der Waals surface area contributed by atoms with Crippen LogP contribution in [0.25, 0.3) is 0 Å². The van der Waals surface area contributed by atoms with Gasteiger partial charge in [0.2, 0.25) is 0 Å². The molecule has 25 heavy (non-hydrogen) atoms. The summed E-state index contributed by atoms with van der Waals surface area (Å²) >= 11 is 0. The molecule has 1 N–H and O–H groups in total. The molecule has 2 rings (SSSR count). The maximum absolute atomic E-state index is 11.8. The van der Waals surface area contributed by atoms with E-state index in [9.17, 15) is 4.79 Å². The zero-order valence-electron chi connectivity index (χ0n) is 15.3. The minimum atomic E-state index is -0.150. The van der Waals surface area contributed by atoms with Gasteiger partial charge in [0.05, 0.1) is 6.54 Å². The van der Waals surface area contributed by atoms with Crippen molar-refractivity contribution >= 4 is 5.91 Å². The van der Waals surface area contributed by atoms with Crippen LogP contribution in [0.15, 0.2) is 42.5 Å². The number of ether oxygens (including phenoxy) is 2. The second kappa shape index (κ2) is 9.72. The predicted octanol–water partition coefficient (Wildman–Crippen LogP) is 3.83. The summed E-state index contributed by atoms with van der Waals surface area (Å²) in [6.45, 7) is 7.02. The van der Waals surface area contributed by atoms with Crippen LogP contribution in [-0.2, 0) is 11.2 Å². The summed E-state index contributed by atoms with van der Waals surface area (Å²) in [5, 5.41) is 2.80. The van der Waals surface area contributed by atoms with Crippen LogP contribution in [0.1, 0.15) is 30.0 Å². The Labute approximate surface area is 150 Å². The Morgan fingerprint density at radius 1 is 1.04 bits per heavy atom. The SMILES string of the molecule is CCCc1ccc(OCCNC(=O)COc2cc(C)ccc2C)cc1. The summed E-state index contributed by atoms with van der Waals surface area (Å²) in [5.41, 5.74) is 3.44. The van der Waals surface area contributed by atoms with E-state index in [0.717, 1.165) is 35.5 Å². The van der Waals surface area contributed by atoms with Gasteiger partial charge in [-0.05, 0) is 55.2 Å². The first-order valence-corrected chi connectivity index (χ1v) is 8.77. The number of carbonyl (C=O) groups is 1. The van der Waals surface area contributed by atoms with E-state index in [0.29, 0.717) is 13.2 Å². The topological polar surface area (TPSA) is 47.6 Å². The van der Waals surface area contributed by atoms with Gasteiger partial charge >= 0.3 is 0 Å². The van der Waals surface area contributed by atoms with E-state index < -0.39 is 0 Å². The highest BCUT2D eigenvalue weighted by Crippen LogP contribution is 2.18. The number of hydrogen-bond acceptors (Lipinski definition) is 3. The monoisotopic (exact) mass is 341 g/mol. The molecule has 0 atom stereocenters. The second-order valence-corrected chi connectivity index (χ2v) is 6.15. The van der Waals surface area contributed by atoms with E-state index >= 15 is 0 Å². The maximum atomic E-state index is 11.8. The van der Waals surface area contributed by atoms with Gasteiger partial charge in [-0.25, -0.2) is 0 Å². The summed E-state index contributed by atoms with van der Waals surface area (Å²) in [4.78, 5) is 11.8. The Morgan fingerprint density at radius 3 is 2.52 bits per heavy atom. The first-order chi connectivity index (χ1) is 12.1. The molecule has 0 heterocycles. The average molecular weight is 341 g/mol. The third-order valence-corrected chi connectivity index (χ3v) is 3.86. The van der Waals surface area contributed by atoms with Crippen LogP contribution in [0.5, 0.6) is 11.5 Å². The van der Waals surface area contributed by atoms with Crippen LogP contribution in [0.3, 0.4) is 0 Å². The zero-order chi connectivity index (χ0) is 18.1. The number of benzene rings is 2. The molecule has 134 valence electrons. The number of amides is 1. The lowest BCUT2D eigenvalue weighted by Crippen LogP contribution is -2.32. The number of carbonyl (C=O) groups excluding carboxylic acids is 1. The maximum Gasteiger partial charge on any atom is 0.258 e. The molecule has 0 aliphatic rings. The number of hydrogen-bond donors (Lipinski definition) is 1. The lowest BCUT2D eigenvalue weighted by molar-refractivity contribution is -0.123. The van der Waals surface area contributed by atoms with Crippen molar-refractivity contribution in [2.24, 2.45) is 0 Å². The molecule has 0 saturated carbocycles. The molecular weight excluding hydrogens is 314 g/mol. The van der Waals surface area contributed by atoms with Crippen LogP contribution in [0, 0.1) is 13.8 Å². The highest BCUT2D eigenvalue weighted by Gasteiger charge is 2.05. The molecule has 0 fully saturated rings. The van der Waals surface area contributed by atoms with Crippen molar-refractivity contribution in [1.82, 2.24) is 5.32 Å². The minimum Gasteiger partial charge on any atom is -0.492 e. The molecule has 0 unspecified atom stereocenters. The normalized spacial score (nSPS) is 10.4. The van der Waals surface area contributed by atoms with Crippen molar-refractivity contribution in [1.29, 1.82) is 0 Å². The lowest BCUT2D eigenvalue weighted by atomic mass is 10.1. The minimum absolute atomic E-state index is 0.00993. The van der Waals surface area contributed by atoms with Crippen molar-refractivity contribution in [3.05, 3.63) is 59.2 Å². The quantitative estimate of drug-likeness (QED) is 0.705. The van der Waals surface area contributed by atoms with Crippen molar-refractivity contribution in [3.63, 3.8) is 0 Å². The van der Waals surface area contributed by atoms with Gasteiger partial charge in [0.1, 0.15) is 18.1 Å². The van der Waals surface area contributed by atoms with Crippen LogP contribution < -0.4 is 14.8 Å². The summed E-state index contributed by atoms with van der Waals surface area (Å²) in [6.07, 6.45) is 2.22. The third kappa shape index (κ3) is 6.49. The Hall–Kier alpha value is -2.49. The number of aryl methyl sites for hydroxylation is 3. The molecule has 4 nitrogen and oxygen atoms in total. The molecule has 0 aliphatic heterocycles. The summed E-state index contributed by atoms with van der Waals surface area (Å²) < 4.78 is 11.2. The summed E-state index contributed by atoms with van der Waals surface area (Å²) in [5.74, 6) is 1.42. The number of nitrogens with one attached hydrogen (secondary N) is 1. The molecule has 4 heteroatoms. The first kappa shape index (κ1) is 18.8. The summed E-state index contributed by atoms with van der Waals surface area (Å²) in [7, 11) is 0. The van der Waals surface area contributed by atoms with Gasteiger partial charge in [-0.15, -0.1) is 0 Å². The van der Waals surface area contributed by atoms with Gasteiger partial charge < -0.3 is 14.8 Å². The fourth-order valence-electron chi connectivity index (χ4n) is 2.46. The lowest BCUT2D eigenvalue weighted by Gasteiger charge is -2.11. The largest absolute Gasteiger partial charge is 0.492 e. The molecule has 2 aromatic carbocycles. The molecular formula is C21H27NO3. The highest BCUT2D eigenvalue weighted by atomic mass is 16.5. The van der Waals surface area contributed by atoms with Gasteiger partial charge in [0, 0.05) is 0 Å². The molecule has 0 bridgehead atoms. The van der Waals surface area contributed by atoms with Gasteiger partial charge in [-0.1, -0.05) is 37.6 Å². The smallest absolute Gasteiger partial charge is 0.258 e. The fourth-order valence-corrected chi connectivity index (χ4v) is 2.46. The zero-order valence-corrected chi connectivity index (χ0v) is 15.3. The second-order valence-electron chi connectivity index (χ2n) is 6.15. The van der Waals surface area contributed by atoms with Crippen molar-refractivity contribution < 1.29 is 14.3 Å². The van der Waals surface area contributed by atoms with Crippen LogP contribution in [0.2, 0.25) is 0 Å². The van der Waals surface area contributed by atoms with Gasteiger partial charge in [0.25, 0.3) is 5.91 Å². The van der Waals surface area contributed by atoms with Gasteiger partial charge in [-0.2, -0.15) is 0 Å². The van der Waals surface area contributed by atoms with E-state index in [4.69, 9.17) is 9.47 Å². The van der Waals surface area contributed by atoms with Crippen molar-refractivity contribution in [2.45, 2.75) is 33.6 Å². The molecule has 1 amide bonds. The van der Waals surface area contributed by atoms with Crippen molar-refractivity contribution in [3.8, 4) is 11.5 Å². The first-order valence-electron chi connectivity index (χ1n) is 8.77. The Kier molecular flexibility index (Phi) is 7.33. The van der Waals surface area contributed by atoms with E-state index in [1.54, 1.807) is 0 Å². The molecule has 0 radical (unpaired) electrons. The average Bonchev–Trinajstić information content (AvgIpc) is 2.61. The summed E-state index contributed by atoms with van der Waals surface area (Å²) in [6, 6.07) is 14.0. The Morgan fingerprint density at radius 2 is 1.80 bits per heavy atom. The van der Waals surface area contributed by atoms with Crippen LogP contribution in [0.4, 0.5) is 0 Å². The third-order valence-electron chi connectivity index (χ3n) is 3.86. The molecule has 0 aliphatic carbocycles. The fraction of sp³-hybridized carbons (Fsp3) is 0.381. The Bertz CT molecular complexity index is 680. The Balaban J connectivity index is 1.66. The van der Waals surface area contributed by atoms with Gasteiger partial charge in [0.15, 0.2) is 6.61 Å². The van der Waals surface area contributed by atoms with Crippen LogP contribution in [-0.4, -0.2) is 25.7 Å². The van der Waals surface area contributed by atoms with E-state index in [2.05, 4.69) is 24.4 Å².